The number of aromatic carboxylic acids is 1. The second-order valence-electron chi connectivity index (χ2n) is 5.13. The number of alkyl halides is 3. The normalized spacial score (nSPS) is 20.0. The number of carboxylic acids is 1. The van der Waals surface area contributed by atoms with E-state index in [4.69, 9.17) is 5.11 Å². The zero-order valence-corrected chi connectivity index (χ0v) is 11.1. The predicted molar refractivity (Wildman–Crippen MR) is 69.1 cm³/mol. The van der Waals surface area contributed by atoms with E-state index in [1.807, 2.05) is 0 Å². The smallest absolute Gasteiger partial charge is 0.393 e. The van der Waals surface area contributed by atoms with Crippen LogP contribution in [0.2, 0.25) is 0 Å². The summed E-state index contributed by atoms with van der Waals surface area (Å²) >= 11 is 0. The first kappa shape index (κ1) is 14.7. The number of carboxylic acid groups (broad SMARTS) is 1. The molecule has 1 aromatic rings. The monoisotopic (exact) mass is 287 g/mol. The molecule has 1 aliphatic rings. The zero-order chi connectivity index (χ0) is 14.9. The third-order valence-electron chi connectivity index (χ3n) is 3.69. The molecule has 1 atom stereocenters. The van der Waals surface area contributed by atoms with Crippen molar-refractivity contribution in [2.75, 3.05) is 18.0 Å². The molecule has 1 heterocycles. The van der Waals surface area contributed by atoms with Crippen LogP contribution in [0.5, 0.6) is 0 Å². The van der Waals surface area contributed by atoms with E-state index in [0.29, 0.717) is 24.2 Å². The maximum absolute atomic E-state index is 12.8. The molecule has 0 radical (unpaired) electrons. The van der Waals surface area contributed by atoms with Gasteiger partial charge >= 0.3 is 12.1 Å². The minimum atomic E-state index is -4.17. The van der Waals surface area contributed by atoms with Gasteiger partial charge in [-0.1, -0.05) is 0 Å². The van der Waals surface area contributed by atoms with Crippen molar-refractivity contribution in [3.63, 3.8) is 0 Å². The Morgan fingerprint density at radius 3 is 2.65 bits per heavy atom. The number of carbonyl (C=O) groups is 1. The van der Waals surface area contributed by atoms with Crippen LogP contribution in [-0.4, -0.2) is 30.3 Å². The van der Waals surface area contributed by atoms with Crippen LogP contribution >= 0.6 is 0 Å². The van der Waals surface area contributed by atoms with Crippen LogP contribution in [0, 0.1) is 12.8 Å². The van der Waals surface area contributed by atoms with E-state index in [1.54, 1.807) is 24.0 Å². The predicted octanol–water partition coefficient (Wildman–Crippen LogP) is 3.47. The first-order valence-corrected chi connectivity index (χ1v) is 6.44. The average molecular weight is 287 g/mol. The third-order valence-corrected chi connectivity index (χ3v) is 3.69. The highest BCUT2D eigenvalue weighted by molar-refractivity contribution is 5.89. The first-order valence-electron chi connectivity index (χ1n) is 6.44. The molecule has 0 saturated carbocycles. The van der Waals surface area contributed by atoms with Crippen molar-refractivity contribution in [1.29, 1.82) is 0 Å². The SMILES string of the molecule is Cc1cc(N2CCCC(C(F)(F)F)C2)ccc1C(=O)O. The molecule has 1 unspecified atom stereocenters. The number of piperidine rings is 1. The van der Waals surface area contributed by atoms with Crippen LogP contribution in [0.3, 0.4) is 0 Å². The lowest BCUT2D eigenvalue weighted by Gasteiger charge is -2.35. The van der Waals surface area contributed by atoms with Crippen molar-refractivity contribution in [2.24, 2.45) is 5.92 Å². The number of hydrogen-bond acceptors (Lipinski definition) is 2. The molecule has 0 aliphatic carbocycles. The fourth-order valence-electron chi connectivity index (χ4n) is 2.56. The average Bonchev–Trinajstić information content (AvgIpc) is 2.37. The zero-order valence-electron chi connectivity index (χ0n) is 11.1. The Bertz CT molecular complexity index is 514. The van der Waals surface area contributed by atoms with Gasteiger partial charge in [0.15, 0.2) is 0 Å². The topological polar surface area (TPSA) is 40.5 Å². The Hall–Kier alpha value is -1.72. The van der Waals surface area contributed by atoms with Gasteiger partial charge in [0, 0.05) is 18.8 Å². The molecule has 20 heavy (non-hydrogen) atoms. The van der Waals surface area contributed by atoms with E-state index in [-0.39, 0.29) is 18.5 Å². The van der Waals surface area contributed by atoms with Gasteiger partial charge in [-0.3, -0.25) is 0 Å². The quantitative estimate of drug-likeness (QED) is 0.905. The van der Waals surface area contributed by atoms with E-state index in [1.165, 1.54) is 6.07 Å². The van der Waals surface area contributed by atoms with E-state index in [0.717, 1.165) is 0 Å². The molecule has 2 rings (SSSR count). The summed E-state index contributed by atoms with van der Waals surface area (Å²) in [7, 11) is 0. The second kappa shape index (κ2) is 5.34. The van der Waals surface area contributed by atoms with Crippen molar-refractivity contribution in [1.82, 2.24) is 0 Å². The van der Waals surface area contributed by atoms with Gasteiger partial charge in [0.1, 0.15) is 0 Å². The van der Waals surface area contributed by atoms with E-state index in [9.17, 15) is 18.0 Å². The molecular weight excluding hydrogens is 271 g/mol. The first-order chi connectivity index (χ1) is 9.29. The Morgan fingerprint density at radius 2 is 2.10 bits per heavy atom. The second-order valence-corrected chi connectivity index (χ2v) is 5.13. The summed E-state index contributed by atoms with van der Waals surface area (Å²) in [6, 6.07) is 4.67. The highest BCUT2D eigenvalue weighted by Crippen LogP contribution is 2.35. The fourth-order valence-corrected chi connectivity index (χ4v) is 2.56. The molecule has 1 fully saturated rings. The van der Waals surface area contributed by atoms with Gasteiger partial charge in [0.2, 0.25) is 0 Å². The largest absolute Gasteiger partial charge is 0.478 e. The number of halogens is 3. The van der Waals surface area contributed by atoms with Gasteiger partial charge in [0.05, 0.1) is 11.5 Å². The summed E-state index contributed by atoms with van der Waals surface area (Å²) in [5, 5.41) is 8.95. The Kier molecular flexibility index (Phi) is 3.92. The minimum Gasteiger partial charge on any atom is -0.478 e. The molecule has 6 heteroatoms. The number of nitrogens with zero attached hydrogens (tertiary/aromatic N) is 1. The van der Waals surface area contributed by atoms with Crippen LogP contribution in [0.15, 0.2) is 18.2 Å². The highest BCUT2D eigenvalue weighted by Gasteiger charge is 2.41. The molecule has 1 saturated heterocycles. The number of benzene rings is 1. The third kappa shape index (κ3) is 3.05. The van der Waals surface area contributed by atoms with E-state index < -0.39 is 18.1 Å². The molecule has 1 N–H and O–H groups in total. The molecule has 110 valence electrons. The lowest BCUT2D eigenvalue weighted by atomic mass is 9.96. The van der Waals surface area contributed by atoms with Crippen LogP contribution in [0.25, 0.3) is 0 Å². The molecule has 0 spiro atoms. The maximum Gasteiger partial charge on any atom is 0.393 e. The van der Waals surface area contributed by atoms with E-state index >= 15 is 0 Å². The van der Waals surface area contributed by atoms with Crippen LogP contribution in [0.1, 0.15) is 28.8 Å². The molecule has 3 nitrogen and oxygen atoms in total. The number of rotatable bonds is 2. The molecular formula is C14H16F3NO2. The summed E-state index contributed by atoms with van der Waals surface area (Å²) in [5.41, 5.74) is 1.39. The Balaban J connectivity index is 2.19. The van der Waals surface area contributed by atoms with Gasteiger partial charge < -0.3 is 10.0 Å². The lowest BCUT2D eigenvalue weighted by molar-refractivity contribution is -0.175. The standard InChI is InChI=1S/C14H16F3NO2/c1-9-7-11(4-5-12(9)13(19)20)18-6-2-3-10(8-18)14(15,16)17/h4-5,7,10H,2-3,6,8H2,1H3,(H,19,20). The maximum atomic E-state index is 12.8. The van der Waals surface area contributed by atoms with E-state index in [2.05, 4.69) is 0 Å². The van der Waals surface area contributed by atoms with Crippen molar-refractivity contribution in [2.45, 2.75) is 25.9 Å². The molecule has 1 aliphatic heterocycles. The molecule has 0 bridgehead atoms. The summed E-state index contributed by atoms with van der Waals surface area (Å²) in [5.74, 6) is -2.34. The number of aryl methyl sites for hydroxylation is 1. The Morgan fingerprint density at radius 1 is 1.40 bits per heavy atom. The minimum absolute atomic E-state index is 0.0602. The number of hydrogen-bond donors (Lipinski definition) is 1. The van der Waals surface area contributed by atoms with Crippen molar-refractivity contribution in [3.8, 4) is 0 Å². The van der Waals surface area contributed by atoms with Gasteiger partial charge in [-0.2, -0.15) is 13.2 Å². The van der Waals surface area contributed by atoms with Crippen molar-refractivity contribution in [3.05, 3.63) is 29.3 Å². The highest BCUT2D eigenvalue weighted by atomic mass is 19.4. The van der Waals surface area contributed by atoms with Crippen molar-refractivity contribution >= 4 is 11.7 Å². The van der Waals surface area contributed by atoms with Gasteiger partial charge in [-0.05, 0) is 43.5 Å². The summed E-state index contributed by atoms with van der Waals surface area (Å²) in [6.45, 7) is 2.16. The van der Waals surface area contributed by atoms with Gasteiger partial charge in [-0.15, -0.1) is 0 Å². The van der Waals surface area contributed by atoms with Crippen LogP contribution < -0.4 is 4.90 Å². The summed E-state index contributed by atoms with van der Waals surface area (Å²) < 4.78 is 38.3. The van der Waals surface area contributed by atoms with Gasteiger partial charge in [-0.25, -0.2) is 4.79 Å². The molecule has 0 aromatic heterocycles. The molecule has 0 amide bonds. The Labute approximate surface area is 115 Å². The molecule has 1 aromatic carbocycles. The van der Waals surface area contributed by atoms with Gasteiger partial charge in [0.25, 0.3) is 0 Å². The number of anilines is 1. The summed E-state index contributed by atoms with van der Waals surface area (Å²) in [6.07, 6.45) is -3.52. The van der Waals surface area contributed by atoms with Crippen LogP contribution in [0.4, 0.5) is 18.9 Å². The van der Waals surface area contributed by atoms with Crippen molar-refractivity contribution < 1.29 is 23.1 Å². The van der Waals surface area contributed by atoms with Crippen LogP contribution in [-0.2, 0) is 0 Å². The summed E-state index contributed by atoms with van der Waals surface area (Å²) in [4.78, 5) is 12.6. The lowest BCUT2D eigenvalue weighted by Crippen LogP contribution is -2.41. The fraction of sp³-hybridized carbons (Fsp3) is 0.500.